The first-order valence-electron chi connectivity index (χ1n) is 3.60. The Kier molecular flexibility index (Phi) is 3.08. The van der Waals surface area contributed by atoms with Gasteiger partial charge in [0.15, 0.2) is 0 Å². The van der Waals surface area contributed by atoms with Crippen molar-refractivity contribution in [2.45, 2.75) is 6.36 Å². The highest BCUT2D eigenvalue weighted by Crippen LogP contribution is 2.33. The predicted octanol–water partition coefficient (Wildman–Crippen LogP) is 1.39. The van der Waals surface area contributed by atoms with Crippen LogP contribution in [0.4, 0.5) is 13.2 Å². The highest BCUT2D eigenvalue weighted by molar-refractivity contribution is 7.60. The second kappa shape index (κ2) is 3.84. The fourth-order valence-corrected chi connectivity index (χ4v) is 1.38. The van der Waals surface area contributed by atoms with E-state index >= 15 is 0 Å². The van der Waals surface area contributed by atoms with Crippen molar-refractivity contribution >= 4 is 12.9 Å². The zero-order chi connectivity index (χ0) is 11.7. The normalized spacial score (nSPS) is 12.6. The first-order chi connectivity index (χ1) is 6.68. The Morgan fingerprint density at radius 3 is 1.93 bits per heavy atom. The maximum atomic E-state index is 11.7. The number of halogens is 3. The van der Waals surface area contributed by atoms with E-state index in [1.165, 1.54) is 0 Å². The summed E-state index contributed by atoms with van der Waals surface area (Å²) in [5, 5.41) is -0.364. The third-order valence-electron chi connectivity index (χ3n) is 1.41. The molecule has 0 fully saturated rings. The third kappa shape index (κ3) is 3.91. The second-order valence-electron chi connectivity index (χ2n) is 2.59. The quantitative estimate of drug-likeness (QED) is 0.769. The number of rotatable bonds is 2. The van der Waals surface area contributed by atoms with Crippen molar-refractivity contribution in [1.82, 2.24) is 0 Å². The number of benzene rings is 1. The average Bonchev–Trinajstić information content (AvgIpc) is 2.00. The van der Waals surface area contributed by atoms with Crippen molar-refractivity contribution in [3.63, 3.8) is 0 Å². The third-order valence-corrected chi connectivity index (χ3v) is 2.38. The van der Waals surface area contributed by atoms with E-state index in [-0.39, 0.29) is 5.30 Å². The van der Waals surface area contributed by atoms with Crippen molar-refractivity contribution < 1.29 is 32.3 Å². The van der Waals surface area contributed by atoms with Crippen LogP contribution in [-0.4, -0.2) is 16.1 Å². The van der Waals surface area contributed by atoms with Crippen LogP contribution in [0.1, 0.15) is 0 Å². The van der Waals surface area contributed by atoms with Crippen molar-refractivity contribution in [2.75, 3.05) is 0 Å². The Labute approximate surface area is 82.5 Å². The van der Waals surface area contributed by atoms with E-state index in [0.717, 1.165) is 24.3 Å². The van der Waals surface area contributed by atoms with E-state index < -0.39 is 19.7 Å². The minimum Gasteiger partial charge on any atom is -0.406 e. The molecule has 0 radical (unpaired) electrons. The molecule has 1 aromatic rings. The number of ether oxygens (including phenoxy) is 1. The Hall–Kier alpha value is -1.04. The largest absolute Gasteiger partial charge is 0.573 e. The van der Waals surface area contributed by atoms with Gasteiger partial charge >= 0.3 is 14.0 Å². The van der Waals surface area contributed by atoms with E-state index in [0.29, 0.717) is 0 Å². The average molecular weight is 242 g/mol. The Morgan fingerprint density at radius 1 is 1.13 bits per heavy atom. The van der Waals surface area contributed by atoms with Gasteiger partial charge in [-0.2, -0.15) is 0 Å². The molecule has 0 aromatic heterocycles. The van der Waals surface area contributed by atoms with E-state index in [4.69, 9.17) is 9.79 Å². The molecule has 0 amide bonds. The minimum atomic E-state index is -4.82. The number of alkyl halides is 3. The van der Waals surface area contributed by atoms with Gasteiger partial charge in [-0.05, 0) is 24.3 Å². The summed E-state index contributed by atoms with van der Waals surface area (Å²) >= 11 is 0. The molecule has 0 spiro atoms. The first-order valence-corrected chi connectivity index (χ1v) is 5.22. The van der Waals surface area contributed by atoms with Crippen molar-refractivity contribution in [2.24, 2.45) is 0 Å². The smallest absolute Gasteiger partial charge is 0.406 e. The summed E-state index contributed by atoms with van der Waals surface area (Å²) in [5.74, 6) is -0.528. The summed E-state index contributed by atoms with van der Waals surface area (Å²) in [4.78, 5) is 17.3. The van der Waals surface area contributed by atoms with Crippen LogP contribution in [0.2, 0.25) is 0 Å². The first kappa shape index (κ1) is 12.0. The van der Waals surface area contributed by atoms with Crippen LogP contribution in [0, 0.1) is 0 Å². The van der Waals surface area contributed by atoms with Gasteiger partial charge in [0, 0.05) is 0 Å². The van der Waals surface area contributed by atoms with Crippen molar-refractivity contribution in [3.8, 4) is 5.75 Å². The molecule has 0 unspecified atom stereocenters. The SMILES string of the molecule is O=P(O)(O)c1ccc(OC(F)(F)F)cc1. The van der Waals surface area contributed by atoms with E-state index in [1.54, 1.807) is 0 Å². The fraction of sp³-hybridized carbons (Fsp3) is 0.143. The van der Waals surface area contributed by atoms with Gasteiger partial charge in [0.05, 0.1) is 5.30 Å². The van der Waals surface area contributed by atoms with Crippen molar-refractivity contribution in [1.29, 1.82) is 0 Å². The second-order valence-corrected chi connectivity index (χ2v) is 4.19. The maximum absolute atomic E-state index is 11.7. The lowest BCUT2D eigenvalue weighted by Gasteiger charge is -2.09. The Bertz CT molecular complexity index is 380. The maximum Gasteiger partial charge on any atom is 0.573 e. The topological polar surface area (TPSA) is 66.8 Å². The zero-order valence-electron chi connectivity index (χ0n) is 7.10. The highest BCUT2D eigenvalue weighted by Gasteiger charge is 2.31. The molecule has 8 heteroatoms. The molecule has 0 bridgehead atoms. The molecule has 0 aliphatic carbocycles. The summed E-state index contributed by atoms with van der Waals surface area (Å²) in [6.07, 6.45) is -4.82. The van der Waals surface area contributed by atoms with Crippen LogP contribution in [-0.2, 0) is 4.57 Å². The summed E-state index contributed by atoms with van der Waals surface area (Å²) in [6, 6.07) is 3.42. The highest BCUT2D eigenvalue weighted by atomic mass is 31.2. The molecule has 0 heterocycles. The van der Waals surface area contributed by atoms with Crippen LogP contribution in [0.15, 0.2) is 24.3 Å². The standard InChI is InChI=1S/C7H6F3O4P/c8-7(9,10)14-5-1-3-6(4-2-5)15(11,12)13/h1-4H,(H2,11,12,13). The van der Waals surface area contributed by atoms with Gasteiger partial charge in [-0.3, -0.25) is 4.57 Å². The molecule has 15 heavy (non-hydrogen) atoms. The van der Waals surface area contributed by atoms with Gasteiger partial charge in [-0.1, -0.05) is 0 Å². The lowest BCUT2D eigenvalue weighted by atomic mass is 10.3. The van der Waals surface area contributed by atoms with Crippen LogP contribution >= 0.6 is 7.60 Å². The molecule has 1 aromatic carbocycles. The molecule has 2 N–H and O–H groups in total. The van der Waals surface area contributed by atoms with Gasteiger partial charge in [-0.25, -0.2) is 0 Å². The van der Waals surface area contributed by atoms with Crippen LogP contribution in [0.25, 0.3) is 0 Å². The van der Waals surface area contributed by atoms with Gasteiger partial charge in [0.1, 0.15) is 5.75 Å². The van der Waals surface area contributed by atoms with Crippen LogP contribution in [0.5, 0.6) is 5.75 Å². The molecule has 0 saturated carbocycles. The molecular formula is C7H6F3O4P. The predicted molar refractivity (Wildman–Crippen MR) is 44.8 cm³/mol. The van der Waals surface area contributed by atoms with Gasteiger partial charge in [0.2, 0.25) is 0 Å². The van der Waals surface area contributed by atoms with E-state index in [2.05, 4.69) is 4.74 Å². The molecular weight excluding hydrogens is 236 g/mol. The summed E-state index contributed by atoms with van der Waals surface area (Å²) in [5.41, 5.74) is 0. The van der Waals surface area contributed by atoms with Gasteiger partial charge in [0.25, 0.3) is 0 Å². The fourth-order valence-electron chi connectivity index (χ4n) is 0.842. The minimum absolute atomic E-state index is 0.364. The molecule has 84 valence electrons. The van der Waals surface area contributed by atoms with Gasteiger partial charge in [-0.15, -0.1) is 13.2 Å². The van der Waals surface area contributed by atoms with E-state index in [1.807, 2.05) is 0 Å². The van der Waals surface area contributed by atoms with Gasteiger partial charge < -0.3 is 14.5 Å². The Balaban J connectivity index is 2.87. The number of hydrogen-bond acceptors (Lipinski definition) is 2. The molecule has 0 aliphatic rings. The molecule has 0 saturated heterocycles. The van der Waals surface area contributed by atoms with E-state index in [9.17, 15) is 17.7 Å². The molecule has 1 rings (SSSR count). The lowest BCUT2D eigenvalue weighted by Crippen LogP contribution is -2.17. The number of hydrogen-bond donors (Lipinski definition) is 2. The van der Waals surface area contributed by atoms with Crippen LogP contribution in [0.3, 0.4) is 0 Å². The molecule has 0 aliphatic heterocycles. The summed E-state index contributed by atoms with van der Waals surface area (Å²) < 4.78 is 49.3. The van der Waals surface area contributed by atoms with Crippen molar-refractivity contribution in [3.05, 3.63) is 24.3 Å². The monoisotopic (exact) mass is 242 g/mol. The lowest BCUT2D eigenvalue weighted by molar-refractivity contribution is -0.274. The van der Waals surface area contributed by atoms with Crippen LogP contribution < -0.4 is 10.0 Å². The molecule has 4 nitrogen and oxygen atoms in total. The zero-order valence-corrected chi connectivity index (χ0v) is 8.00. The molecule has 0 atom stereocenters. The Morgan fingerprint density at radius 2 is 1.60 bits per heavy atom. The summed E-state index contributed by atoms with van der Waals surface area (Å²) in [7, 11) is -4.43. The summed E-state index contributed by atoms with van der Waals surface area (Å²) in [6.45, 7) is 0.